The summed E-state index contributed by atoms with van der Waals surface area (Å²) in [7, 11) is 1.91. The lowest BCUT2D eigenvalue weighted by molar-refractivity contribution is -0.140. The molecule has 0 saturated heterocycles. The minimum Gasteiger partial charge on any atom is -0.488 e. The molecule has 3 aromatic carbocycles. The summed E-state index contributed by atoms with van der Waals surface area (Å²) in [5, 5.41) is 19.3. The number of aliphatic hydroxyl groups excluding tert-OH is 1. The van der Waals surface area contributed by atoms with Gasteiger partial charge in [-0.25, -0.2) is 0 Å². The molecule has 1 atom stereocenters. The summed E-state index contributed by atoms with van der Waals surface area (Å²) in [6, 6.07) is 31.4. The van der Waals surface area contributed by atoms with E-state index in [-0.39, 0.29) is 6.29 Å². The molecule has 0 fully saturated rings. The van der Waals surface area contributed by atoms with Gasteiger partial charge in [-0.2, -0.15) is 0 Å². The van der Waals surface area contributed by atoms with Gasteiger partial charge in [-0.1, -0.05) is 60.7 Å². The first-order valence-electron chi connectivity index (χ1n) is 11.0. The zero-order chi connectivity index (χ0) is 25.0. The molecule has 1 heterocycles. The van der Waals surface area contributed by atoms with Crippen LogP contribution in [0.5, 0.6) is 5.75 Å². The molecule has 180 valence electrons. The Kier molecular flexibility index (Phi) is 9.59. The highest BCUT2D eigenvalue weighted by atomic mass is 32.1. The van der Waals surface area contributed by atoms with Crippen LogP contribution in [0.3, 0.4) is 0 Å². The van der Waals surface area contributed by atoms with Gasteiger partial charge in [0.15, 0.2) is 0 Å². The number of rotatable bonds is 9. The van der Waals surface area contributed by atoms with Gasteiger partial charge in [0.1, 0.15) is 24.7 Å². The number of hydrogen-bond donors (Lipinski definition) is 3. The fraction of sp³-hybridized carbons (Fsp3) is 0.143. The van der Waals surface area contributed by atoms with Gasteiger partial charge < -0.3 is 25.1 Å². The molecule has 6 nitrogen and oxygen atoms in total. The van der Waals surface area contributed by atoms with Crippen molar-refractivity contribution < 1.29 is 24.5 Å². The van der Waals surface area contributed by atoms with Gasteiger partial charge in [0.05, 0.1) is 6.42 Å². The molecule has 4 rings (SSSR count). The van der Waals surface area contributed by atoms with Crippen LogP contribution in [0.4, 0.5) is 5.69 Å². The van der Waals surface area contributed by atoms with Crippen LogP contribution in [-0.4, -0.2) is 35.6 Å². The number of carboxylic acids is 1. The monoisotopic (exact) mass is 489 g/mol. The number of carbonyl (C=O) groups is 2. The molecule has 0 spiro atoms. The van der Waals surface area contributed by atoms with Gasteiger partial charge in [0.25, 0.3) is 0 Å². The van der Waals surface area contributed by atoms with E-state index in [1.807, 2.05) is 31.3 Å². The van der Waals surface area contributed by atoms with E-state index in [0.29, 0.717) is 6.61 Å². The number of benzene rings is 3. The van der Waals surface area contributed by atoms with E-state index >= 15 is 0 Å². The van der Waals surface area contributed by atoms with E-state index in [4.69, 9.17) is 14.9 Å². The second-order valence-corrected chi connectivity index (χ2v) is 8.69. The number of thiophene rings is 1. The van der Waals surface area contributed by atoms with Gasteiger partial charge in [-0.05, 0) is 41.5 Å². The summed E-state index contributed by atoms with van der Waals surface area (Å²) in [6.07, 6.45) is -1.68. The maximum Gasteiger partial charge on any atom is 0.306 e. The molecule has 0 aliphatic carbocycles. The van der Waals surface area contributed by atoms with E-state index in [0.717, 1.165) is 11.4 Å². The number of nitrogens with one attached hydrogen (secondary N) is 1. The summed E-state index contributed by atoms with van der Waals surface area (Å²) in [5.74, 6) is -0.297. The third kappa shape index (κ3) is 7.81. The van der Waals surface area contributed by atoms with Crippen molar-refractivity contribution in [1.82, 2.24) is 0 Å². The molecule has 0 amide bonds. The number of aliphatic carboxylic acids is 1. The van der Waals surface area contributed by atoms with Crippen LogP contribution in [0.2, 0.25) is 0 Å². The van der Waals surface area contributed by atoms with Crippen molar-refractivity contribution in [3.63, 3.8) is 0 Å². The lowest BCUT2D eigenvalue weighted by Crippen LogP contribution is -2.13. The zero-order valence-corrected chi connectivity index (χ0v) is 20.1. The number of anilines is 1. The minimum absolute atomic E-state index is 0.189. The van der Waals surface area contributed by atoms with Gasteiger partial charge >= 0.3 is 5.97 Å². The van der Waals surface area contributed by atoms with Crippen molar-refractivity contribution in [1.29, 1.82) is 0 Å². The molecule has 7 heteroatoms. The van der Waals surface area contributed by atoms with Crippen LogP contribution in [0.1, 0.15) is 11.3 Å². The van der Waals surface area contributed by atoms with Crippen LogP contribution in [0.25, 0.3) is 21.6 Å². The molecule has 1 unspecified atom stereocenters. The highest BCUT2D eigenvalue weighted by Gasteiger charge is 2.13. The zero-order valence-electron chi connectivity index (χ0n) is 19.3. The minimum atomic E-state index is -1.35. The van der Waals surface area contributed by atoms with E-state index in [9.17, 15) is 9.59 Å². The van der Waals surface area contributed by atoms with Gasteiger partial charge in [-0.3, -0.25) is 4.79 Å². The molecule has 4 aromatic rings. The maximum absolute atomic E-state index is 9.65. The highest BCUT2D eigenvalue weighted by molar-refractivity contribution is 7.16. The second kappa shape index (κ2) is 13.1. The molecule has 0 aliphatic rings. The number of ether oxygens (including phenoxy) is 1. The normalized spacial score (nSPS) is 11.0. The topological polar surface area (TPSA) is 95.9 Å². The Labute approximate surface area is 208 Å². The Balaban J connectivity index is 0.000000371. The Morgan fingerprint density at radius 2 is 1.57 bits per heavy atom. The first-order chi connectivity index (χ1) is 17.0. The van der Waals surface area contributed by atoms with E-state index in [1.165, 1.54) is 26.4 Å². The van der Waals surface area contributed by atoms with E-state index in [2.05, 4.69) is 72.0 Å². The molecule has 0 radical (unpaired) electrons. The Hall–Kier alpha value is -3.94. The summed E-state index contributed by atoms with van der Waals surface area (Å²) in [6.45, 7) is 0.566. The molecular weight excluding hydrogens is 462 g/mol. The predicted octanol–water partition coefficient (Wildman–Crippen LogP) is 5.72. The quantitative estimate of drug-likeness (QED) is 0.260. The number of carboxylic acid groups (broad SMARTS) is 1. The standard InChI is InChI=1S/C24H21NOS.C4H6O4/c1-25-20-12-14-21(15-13-20)26-17-22-16-23(18-8-4-2-5-9-18)24(27-22)19-10-6-3-7-11-19;5-2-3(6)1-4(7)8/h2-16,25H,17H2,1H3;2-3,6H,1H2,(H,7,8). The molecule has 3 N–H and O–H groups in total. The van der Waals surface area contributed by atoms with Crippen LogP contribution in [0, 0.1) is 0 Å². The van der Waals surface area contributed by atoms with Crippen LogP contribution in [0.15, 0.2) is 91.0 Å². The third-order valence-corrected chi connectivity index (χ3v) is 6.13. The number of aliphatic hydroxyl groups is 1. The van der Waals surface area contributed by atoms with Crippen molar-refractivity contribution in [3.05, 3.63) is 95.9 Å². The summed E-state index contributed by atoms with van der Waals surface area (Å²) in [5.41, 5.74) is 4.82. The highest BCUT2D eigenvalue weighted by Crippen LogP contribution is 2.39. The Morgan fingerprint density at radius 1 is 0.971 bits per heavy atom. The van der Waals surface area contributed by atoms with Gasteiger partial charge in [0.2, 0.25) is 0 Å². The maximum atomic E-state index is 9.65. The van der Waals surface area contributed by atoms with Crippen molar-refractivity contribution >= 4 is 29.3 Å². The molecule has 0 bridgehead atoms. The number of hydrogen-bond acceptors (Lipinski definition) is 6. The van der Waals surface area contributed by atoms with E-state index < -0.39 is 18.5 Å². The van der Waals surface area contributed by atoms with Gasteiger partial charge in [0, 0.05) is 28.1 Å². The summed E-state index contributed by atoms with van der Waals surface area (Å²) in [4.78, 5) is 21.7. The fourth-order valence-electron chi connectivity index (χ4n) is 3.25. The largest absolute Gasteiger partial charge is 0.488 e. The smallest absolute Gasteiger partial charge is 0.306 e. The van der Waals surface area contributed by atoms with Crippen LogP contribution < -0.4 is 10.1 Å². The predicted molar refractivity (Wildman–Crippen MR) is 140 cm³/mol. The lowest BCUT2D eigenvalue weighted by atomic mass is 10.0. The van der Waals surface area contributed by atoms with Crippen molar-refractivity contribution in [2.45, 2.75) is 19.1 Å². The van der Waals surface area contributed by atoms with E-state index in [1.54, 1.807) is 11.3 Å². The first-order valence-corrected chi connectivity index (χ1v) is 11.8. The van der Waals surface area contributed by atoms with Crippen molar-refractivity contribution in [2.75, 3.05) is 12.4 Å². The molecule has 1 aromatic heterocycles. The third-order valence-electron chi connectivity index (χ3n) is 4.97. The molecule has 35 heavy (non-hydrogen) atoms. The lowest BCUT2D eigenvalue weighted by Gasteiger charge is -2.05. The second-order valence-electron chi connectivity index (χ2n) is 7.55. The van der Waals surface area contributed by atoms with Gasteiger partial charge in [-0.15, -0.1) is 11.3 Å². The fourth-order valence-corrected chi connectivity index (χ4v) is 4.35. The SMILES string of the molecule is CNc1ccc(OCc2cc(-c3ccccc3)c(-c3ccccc3)s2)cc1.O=CC(O)CC(=O)O. The average Bonchev–Trinajstić information content (AvgIpc) is 3.33. The summed E-state index contributed by atoms with van der Waals surface area (Å²) >= 11 is 1.80. The van der Waals surface area contributed by atoms with Crippen molar-refractivity contribution in [3.8, 4) is 27.3 Å². The first kappa shape index (κ1) is 25.7. The number of aldehydes is 1. The van der Waals surface area contributed by atoms with Crippen LogP contribution >= 0.6 is 11.3 Å². The average molecular weight is 490 g/mol. The molecular formula is C28H27NO5S. The van der Waals surface area contributed by atoms with Crippen LogP contribution in [-0.2, 0) is 16.2 Å². The summed E-state index contributed by atoms with van der Waals surface area (Å²) < 4.78 is 6.01. The molecule has 0 aliphatic heterocycles. The Bertz CT molecular complexity index is 1150. The molecule has 0 saturated carbocycles. The Morgan fingerprint density at radius 3 is 2.09 bits per heavy atom. The van der Waals surface area contributed by atoms with Crippen molar-refractivity contribution in [2.24, 2.45) is 0 Å². The number of carbonyl (C=O) groups excluding carboxylic acids is 1.